The highest BCUT2D eigenvalue weighted by Gasteiger charge is 2.17. The topological polar surface area (TPSA) is 105 Å². The summed E-state index contributed by atoms with van der Waals surface area (Å²) >= 11 is 0. The summed E-state index contributed by atoms with van der Waals surface area (Å²) < 4.78 is 0. The lowest BCUT2D eigenvalue weighted by Crippen LogP contribution is -2.27. The van der Waals surface area contributed by atoms with E-state index in [1.54, 1.807) is 12.1 Å². The minimum atomic E-state index is -1.05. The fourth-order valence-electron chi connectivity index (χ4n) is 0.918. The van der Waals surface area contributed by atoms with Gasteiger partial charge in [-0.3, -0.25) is 4.98 Å². The van der Waals surface area contributed by atoms with E-state index in [0.29, 0.717) is 11.4 Å². The second kappa shape index (κ2) is 4.18. The number of nitrogens with two attached hydrogens (primary N) is 2. The van der Waals surface area contributed by atoms with Crippen molar-refractivity contribution in [2.45, 2.75) is 12.2 Å². The molecule has 2 atom stereocenters. The van der Waals surface area contributed by atoms with Crippen LogP contribution in [0.5, 0.6) is 0 Å². The van der Waals surface area contributed by atoms with Crippen LogP contribution < -0.4 is 11.5 Å². The van der Waals surface area contributed by atoms with Crippen LogP contribution in [0.1, 0.15) is 11.8 Å². The lowest BCUT2D eigenvalue weighted by molar-refractivity contribution is 0.0217. The Morgan fingerprint density at radius 1 is 1.38 bits per heavy atom. The van der Waals surface area contributed by atoms with Crippen molar-refractivity contribution in [1.82, 2.24) is 4.98 Å². The van der Waals surface area contributed by atoms with Gasteiger partial charge in [0.15, 0.2) is 0 Å². The van der Waals surface area contributed by atoms with Gasteiger partial charge in [0.1, 0.15) is 6.10 Å². The molecule has 0 aliphatic heterocycles. The Kier molecular flexibility index (Phi) is 3.18. The summed E-state index contributed by atoms with van der Waals surface area (Å²) in [7, 11) is 0. The third kappa shape index (κ3) is 2.38. The molecule has 0 bridgehead atoms. The standard InChI is InChI=1S/C8H13N3O2/c9-3-7(12)8(13)6-2-1-5(10)4-11-6/h1-2,4,7-8,12-13H,3,9-10H2. The van der Waals surface area contributed by atoms with Crippen LogP contribution >= 0.6 is 0 Å². The molecule has 1 aromatic rings. The average molecular weight is 183 g/mol. The molecule has 5 nitrogen and oxygen atoms in total. The third-order valence-corrected chi connectivity index (χ3v) is 1.72. The lowest BCUT2D eigenvalue weighted by atomic mass is 10.1. The van der Waals surface area contributed by atoms with Gasteiger partial charge in [0, 0.05) is 6.54 Å². The van der Waals surface area contributed by atoms with Gasteiger partial charge in [-0.1, -0.05) is 0 Å². The van der Waals surface area contributed by atoms with Crippen molar-refractivity contribution in [3.05, 3.63) is 24.0 Å². The highest BCUT2D eigenvalue weighted by atomic mass is 16.3. The summed E-state index contributed by atoms with van der Waals surface area (Å²) in [5.74, 6) is 0. The molecule has 0 fully saturated rings. The molecule has 1 rings (SSSR count). The van der Waals surface area contributed by atoms with Gasteiger partial charge in [-0.25, -0.2) is 0 Å². The van der Waals surface area contributed by atoms with Gasteiger partial charge in [0.05, 0.1) is 23.7 Å². The number of anilines is 1. The molecule has 0 saturated heterocycles. The predicted octanol–water partition coefficient (Wildman–Crippen LogP) is -0.983. The normalized spacial score (nSPS) is 15.3. The Bertz CT molecular complexity index is 263. The summed E-state index contributed by atoms with van der Waals surface area (Å²) in [6.45, 7) is -0.00672. The zero-order valence-electron chi connectivity index (χ0n) is 7.09. The maximum absolute atomic E-state index is 9.45. The van der Waals surface area contributed by atoms with Gasteiger partial charge in [-0.2, -0.15) is 0 Å². The number of nitrogen functional groups attached to an aromatic ring is 1. The summed E-state index contributed by atoms with van der Waals surface area (Å²) in [6, 6.07) is 3.16. The van der Waals surface area contributed by atoms with Crippen LogP contribution in [0.4, 0.5) is 5.69 Å². The molecule has 0 amide bonds. The molecule has 0 aromatic carbocycles. The first-order chi connectivity index (χ1) is 6.15. The molecule has 0 aliphatic carbocycles. The zero-order chi connectivity index (χ0) is 9.84. The Balaban J connectivity index is 2.77. The molecule has 0 saturated carbocycles. The summed E-state index contributed by atoms with van der Waals surface area (Å²) in [4.78, 5) is 3.86. The van der Waals surface area contributed by atoms with Gasteiger partial charge >= 0.3 is 0 Å². The van der Waals surface area contributed by atoms with Crippen LogP contribution in [0.15, 0.2) is 18.3 Å². The van der Waals surface area contributed by atoms with Crippen molar-refractivity contribution >= 4 is 5.69 Å². The number of aliphatic hydroxyl groups is 2. The number of aromatic nitrogens is 1. The first-order valence-corrected chi connectivity index (χ1v) is 3.92. The maximum atomic E-state index is 9.45. The summed E-state index contributed by atoms with van der Waals surface area (Å²) in [5, 5.41) is 18.6. The van der Waals surface area contributed by atoms with E-state index in [9.17, 15) is 10.2 Å². The van der Waals surface area contributed by atoms with Crippen LogP contribution in [0.2, 0.25) is 0 Å². The third-order valence-electron chi connectivity index (χ3n) is 1.72. The van der Waals surface area contributed by atoms with E-state index < -0.39 is 12.2 Å². The van der Waals surface area contributed by atoms with Crippen LogP contribution in [-0.2, 0) is 0 Å². The van der Waals surface area contributed by atoms with Crippen molar-refractivity contribution in [2.24, 2.45) is 5.73 Å². The molecule has 2 unspecified atom stereocenters. The van der Waals surface area contributed by atoms with Gasteiger partial charge in [0.2, 0.25) is 0 Å². The molecule has 72 valence electrons. The maximum Gasteiger partial charge on any atom is 0.123 e. The first-order valence-electron chi connectivity index (χ1n) is 3.92. The molecular formula is C8H13N3O2. The van der Waals surface area contributed by atoms with Crippen molar-refractivity contribution < 1.29 is 10.2 Å². The zero-order valence-corrected chi connectivity index (χ0v) is 7.09. The number of hydrogen-bond donors (Lipinski definition) is 4. The van der Waals surface area contributed by atoms with Gasteiger partial charge in [-0.05, 0) is 12.1 Å². The number of rotatable bonds is 3. The smallest absolute Gasteiger partial charge is 0.123 e. The van der Waals surface area contributed by atoms with E-state index in [-0.39, 0.29) is 6.54 Å². The quantitative estimate of drug-likeness (QED) is 0.482. The highest BCUT2D eigenvalue weighted by molar-refractivity contribution is 5.35. The molecule has 6 N–H and O–H groups in total. The fourth-order valence-corrected chi connectivity index (χ4v) is 0.918. The molecule has 5 heteroatoms. The van der Waals surface area contributed by atoms with Crippen molar-refractivity contribution in [3.8, 4) is 0 Å². The van der Waals surface area contributed by atoms with Gasteiger partial charge in [0.25, 0.3) is 0 Å². The van der Waals surface area contributed by atoms with E-state index in [2.05, 4.69) is 4.98 Å². The highest BCUT2D eigenvalue weighted by Crippen LogP contribution is 2.14. The Hall–Kier alpha value is -1.17. The molecule has 1 aromatic heterocycles. The lowest BCUT2D eigenvalue weighted by Gasteiger charge is -2.14. The van der Waals surface area contributed by atoms with E-state index in [1.807, 2.05) is 0 Å². The first kappa shape index (κ1) is 9.91. The summed E-state index contributed by atoms with van der Waals surface area (Å²) in [6.07, 6.45) is -0.622. The SMILES string of the molecule is NCC(O)C(O)c1ccc(N)cn1. The molecule has 13 heavy (non-hydrogen) atoms. The van der Waals surface area contributed by atoms with Crippen molar-refractivity contribution in [2.75, 3.05) is 12.3 Å². The van der Waals surface area contributed by atoms with E-state index in [1.165, 1.54) is 6.20 Å². The van der Waals surface area contributed by atoms with Gasteiger partial charge < -0.3 is 21.7 Å². The number of aliphatic hydroxyl groups excluding tert-OH is 2. The van der Waals surface area contributed by atoms with Crippen LogP contribution in [-0.4, -0.2) is 27.8 Å². The van der Waals surface area contributed by atoms with Crippen LogP contribution in [0, 0.1) is 0 Å². The van der Waals surface area contributed by atoms with Gasteiger partial charge in [-0.15, -0.1) is 0 Å². The van der Waals surface area contributed by atoms with E-state index in [4.69, 9.17) is 11.5 Å². The van der Waals surface area contributed by atoms with Crippen molar-refractivity contribution in [1.29, 1.82) is 0 Å². The Morgan fingerprint density at radius 2 is 2.08 bits per heavy atom. The van der Waals surface area contributed by atoms with Crippen LogP contribution in [0.25, 0.3) is 0 Å². The predicted molar refractivity (Wildman–Crippen MR) is 48.7 cm³/mol. The monoisotopic (exact) mass is 183 g/mol. The molecular weight excluding hydrogens is 170 g/mol. The average Bonchev–Trinajstić information content (AvgIpc) is 2.17. The molecule has 1 heterocycles. The Labute approximate surface area is 76.0 Å². The number of pyridine rings is 1. The molecule has 0 aliphatic rings. The Morgan fingerprint density at radius 3 is 2.54 bits per heavy atom. The summed E-state index contributed by atoms with van der Waals surface area (Å²) in [5.41, 5.74) is 11.5. The number of hydrogen-bond acceptors (Lipinski definition) is 5. The minimum Gasteiger partial charge on any atom is -0.397 e. The van der Waals surface area contributed by atoms with Crippen LogP contribution in [0.3, 0.4) is 0 Å². The number of nitrogens with zero attached hydrogens (tertiary/aromatic N) is 1. The second-order valence-electron chi connectivity index (χ2n) is 2.76. The van der Waals surface area contributed by atoms with E-state index in [0.717, 1.165) is 0 Å². The molecule has 0 spiro atoms. The van der Waals surface area contributed by atoms with Crippen molar-refractivity contribution in [3.63, 3.8) is 0 Å². The fraction of sp³-hybridized carbons (Fsp3) is 0.375. The largest absolute Gasteiger partial charge is 0.397 e. The minimum absolute atomic E-state index is 0.00672. The second-order valence-corrected chi connectivity index (χ2v) is 2.76. The van der Waals surface area contributed by atoms with E-state index >= 15 is 0 Å². The molecule has 0 radical (unpaired) electrons.